The van der Waals surface area contributed by atoms with Gasteiger partial charge >= 0.3 is 17.1 Å². The number of nitrogens with zero attached hydrogens (tertiary/aromatic N) is 3. The largest absolute Gasteiger partial charge is 2.00 e. The van der Waals surface area contributed by atoms with Gasteiger partial charge in [0.25, 0.3) is 0 Å². The summed E-state index contributed by atoms with van der Waals surface area (Å²) in [6.45, 7) is 0. The van der Waals surface area contributed by atoms with E-state index in [-0.39, 0.29) is 22.9 Å². The third kappa shape index (κ3) is 6.32. The number of hydrogen-bond donors (Lipinski definition) is 0. The molecule has 4 rings (SSSR count). The molecule has 140 valence electrons. The SMILES string of the molecule is COc1ccc(C(=O)/C(=C/[C]2[CH][CH][CH][CH]2)n2cncn2)cc1.[CH]1[CH][CH][CH][CH]1.[Fe+2]. The number of aromatic nitrogens is 3. The number of Topliss-reactive ketones (excluding diaryl/α,β-unsaturated/α-hetero) is 1. The minimum Gasteiger partial charge on any atom is -0.497 e. The Labute approximate surface area is 178 Å². The van der Waals surface area contributed by atoms with Crippen LogP contribution >= 0.6 is 0 Å². The van der Waals surface area contributed by atoms with Crippen LogP contribution in [0.3, 0.4) is 0 Å². The van der Waals surface area contributed by atoms with Gasteiger partial charge in [0.1, 0.15) is 24.1 Å². The summed E-state index contributed by atoms with van der Waals surface area (Å²) in [4.78, 5) is 16.7. The number of carbonyl (C=O) groups is 1. The van der Waals surface area contributed by atoms with E-state index in [0.29, 0.717) is 17.0 Å². The quantitative estimate of drug-likeness (QED) is 0.428. The summed E-state index contributed by atoms with van der Waals surface area (Å²) in [7, 11) is 1.59. The van der Waals surface area contributed by atoms with Gasteiger partial charge in [0.15, 0.2) is 0 Å². The Morgan fingerprint density at radius 1 is 0.964 bits per heavy atom. The first-order valence-electron chi connectivity index (χ1n) is 8.42. The molecule has 1 aromatic carbocycles. The van der Waals surface area contributed by atoms with Crippen LogP contribution in [0, 0.1) is 63.7 Å². The number of ether oxygens (including phenoxy) is 1. The summed E-state index contributed by atoms with van der Waals surface area (Å²) in [5.74, 6) is 1.51. The van der Waals surface area contributed by atoms with Crippen LogP contribution in [0.1, 0.15) is 10.4 Å². The van der Waals surface area contributed by atoms with Crippen LogP contribution in [0.4, 0.5) is 0 Å². The molecule has 0 atom stereocenters. The Hall–Kier alpha value is -1.91. The fourth-order valence-electron chi connectivity index (χ4n) is 2.42. The predicted octanol–water partition coefficient (Wildman–Crippen LogP) is 3.43. The maximum atomic E-state index is 12.8. The van der Waals surface area contributed by atoms with Crippen molar-refractivity contribution in [3.8, 4) is 5.75 Å². The maximum Gasteiger partial charge on any atom is 2.00 e. The van der Waals surface area contributed by atoms with Gasteiger partial charge in [-0.2, -0.15) is 5.10 Å². The normalized spacial score (nSPS) is 16.8. The van der Waals surface area contributed by atoms with Gasteiger partial charge in [0.05, 0.1) is 7.11 Å². The number of rotatable bonds is 5. The number of ketones is 1. The predicted molar refractivity (Wildman–Crippen MR) is 104 cm³/mol. The molecule has 2 aromatic rings. The third-order valence-electron chi connectivity index (χ3n) is 3.80. The van der Waals surface area contributed by atoms with E-state index in [9.17, 15) is 4.79 Å². The zero-order chi connectivity index (χ0) is 18.9. The summed E-state index contributed by atoms with van der Waals surface area (Å²) < 4.78 is 6.59. The molecule has 2 aliphatic carbocycles. The van der Waals surface area contributed by atoms with E-state index in [1.54, 1.807) is 37.5 Å². The zero-order valence-corrected chi connectivity index (χ0v) is 16.4. The van der Waals surface area contributed by atoms with Gasteiger partial charge in [0, 0.05) is 11.5 Å². The second-order valence-electron chi connectivity index (χ2n) is 5.61. The van der Waals surface area contributed by atoms with Crippen molar-refractivity contribution in [2.24, 2.45) is 0 Å². The number of benzene rings is 1. The second kappa shape index (κ2) is 11.8. The Bertz CT molecular complexity index is 724. The van der Waals surface area contributed by atoms with Crippen LogP contribution in [0.15, 0.2) is 43.0 Å². The van der Waals surface area contributed by atoms with E-state index in [2.05, 4.69) is 10.1 Å². The van der Waals surface area contributed by atoms with Crippen molar-refractivity contribution in [3.63, 3.8) is 0 Å². The summed E-state index contributed by atoms with van der Waals surface area (Å²) >= 11 is 0. The summed E-state index contributed by atoms with van der Waals surface area (Å²) in [5, 5.41) is 4.07. The molecular weight excluding hydrogens is 394 g/mol. The van der Waals surface area contributed by atoms with Gasteiger partial charge in [-0.15, -0.1) is 0 Å². The van der Waals surface area contributed by atoms with Crippen molar-refractivity contribution in [2.45, 2.75) is 0 Å². The van der Waals surface area contributed by atoms with Gasteiger partial charge in [-0.25, -0.2) is 9.67 Å². The molecule has 0 spiro atoms. The summed E-state index contributed by atoms with van der Waals surface area (Å²) in [6.07, 6.45) is 22.4. The van der Waals surface area contributed by atoms with Gasteiger partial charge in [0.2, 0.25) is 5.78 Å². The van der Waals surface area contributed by atoms with Crippen molar-refractivity contribution >= 4 is 11.5 Å². The molecule has 0 N–H and O–H groups in total. The Morgan fingerprint density at radius 2 is 1.57 bits per heavy atom. The molecule has 1 aromatic heterocycles. The first-order valence-corrected chi connectivity index (χ1v) is 8.42. The monoisotopic (exact) mass is 413 g/mol. The fraction of sp³-hybridized carbons (Fsp3) is 0.0455. The molecule has 2 fully saturated rings. The van der Waals surface area contributed by atoms with E-state index in [0.717, 1.165) is 5.92 Å². The van der Waals surface area contributed by atoms with Crippen molar-refractivity contribution in [2.75, 3.05) is 7.11 Å². The van der Waals surface area contributed by atoms with E-state index in [1.165, 1.54) is 17.3 Å². The average molecular weight is 413 g/mol. The number of methoxy groups -OCH3 is 1. The second-order valence-corrected chi connectivity index (χ2v) is 5.61. The fourth-order valence-corrected chi connectivity index (χ4v) is 2.42. The standard InChI is InChI=1S/C17H14N3O2.C5H5.Fe/c1-22-15-8-6-14(7-9-15)17(21)16(20-12-18-11-19-20)10-13-4-2-3-5-13;1-2-4-5-3-1;/h2-12H,1H3;1-5H;/q;;+2/b16-10-;;. The molecule has 0 amide bonds. The van der Waals surface area contributed by atoms with Gasteiger partial charge in [-0.05, 0) is 88.1 Å². The molecule has 6 heteroatoms. The van der Waals surface area contributed by atoms with Crippen molar-refractivity contribution in [1.82, 2.24) is 14.8 Å². The Balaban J connectivity index is 0.000000408. The molecule has 5 nitrogen and oxygen atoms in total. The molecular formula is C22H19FeN3O2+2. The molecule has 2 saturated carbocycles. The van der Waals surface area contributed by atoms with Crippen molar-refractivity contribution in [1.29, 1.82) is 0 Å². The molecule has 28 heavy (non-hydrogen) atoms. The smallest absolute Gasteiger partial charge is 0.497 e. The Kier molecular flexibility index (Phi) is 9.45. The summed E-state index contributed by atoms with van der Waals surface area (Å²) in [5.41, 5.74) is 1.00. The molecule has 1 heterocycles. The zero-order valence-electron chi connectivity index (χ0n) is 15.2. The topological polar surface area (TPSA) is 57.0 Å². The number of allylic oxidation sites excluding steroid dienone is 2. The van der Waals surface area contributed by atoms with Crippen molar-refractivity contribution in [3.05, 3.63) is 112 Å². The van der Waals surface area contributed by atoms with Crippen molar-refractivity contribution < 1.29 is 26.6 Å². The van der Waals surface area contributed by atoms with Gasteiger partial charge in [-0.3, -0.25) is 4.79 Å². The van der Waals surface area contributed by atoms with Crippen LogP contribution < -0.4 is 4.74 Å². The Morgan fingerprint density at radius 3 is 2.07 bits per heavy atom. The summed E-state index contributed by atoms with van der Waals surface area (Å²) in [6, 6.07) is 6.98. The minimum absolute atomic E-state index is 0. The molecule has 2 aliphatic rings. The van der Waals surface area contributed by atoms with Gasteiger partial charge < -0.3 is 4.74 Å². The first kappa shape index (κ1) is 22.4. The molecule has 0 aliphatic heterocycles. The van der Waals surface area contributed by atoms with E-state index in [1.807, 2.05) is 57.8 Å². The van der Waals surface area contributed by atoms with Crippen LogP contribution in [0.2, 0.25) is 0 Å². The molecule has 0 bridgehead atoms. The number of carbonyl (C=O) groups excluding carboxylic acids is 1. The van der Waals surface area contributed by atoms with E-state index >= 15 is 0 Å². The molecule has 0 unspecified atom stereocenters. The van der Waals surface area contributed by atoms with Crippen LogP contribution in [-0.2, 0) is 17.1 Å². The minimum atomic E-state index is -0.130. The first-order chi connectivity index (χ1) is 13.3. The van der Waals surface area contributed by atoms with Crippen LogP contribution in [0.5, 0.6) is 5.75 Å². The average Bonchev–Trinajstić information content (AvgIpc) is 3.49. The third-order valence-corrected chi connectivity index (χ3v) is 3.80. The van der Waals surface area contributed by atoms with Crippen LogP contribution in [0.25, 0.3) is 5.70 Å². The molecule has 10 radical (unpaired) electrons. The van der Waals surface area contributed by atoms with Gasteiger partial charge in [-0.1, -0.05) is 0 Å². The maximum absolute atomic E-state index is 12.8. The molecule has 0 saturated heterocycles. The van der Waals surface area contributed by atoms with Crippen LogP contribution in [-0.4, -0.2) is 27.7 Å². The van der Waals surface area contributed by atoms with E-state index in [4.69, 9.17) is 4.74 Å². The van der Waals surface area contributed by atoms with E-state index < -0.39 is 0 Å². The number of hydrogen-bond acceptors (Lipinski definition) is 4.